The van der Waals surface area contributed by atoms with E-state index in [-0.39, 0.29) is 11.7 Å². The van der Waals surface area contributed by atoms with Crippen molar-refractivity contribution < 1.29 is 0 Å². The van der Waals surface area contributed by atoms with Crippen LogP contribution in [0, 0.1) is 5.92 Å². The molecule has 0 N–H and O–H groups in total. The zero-order valence-electron chi connectivity index (χ0n) is 18.4. The van der Waals surface area contributed by atoms with Crippen molar-refractivity contribution in [1.82, 2.24) is 29.3 Å². The second-order valence-corrected chi connectivity index (χ2v) is 8.56. The first-order valence-electron chi connectivity index (χ1n) is 10.7. The Bertz CT molecular complexity index is 1200. The van der Waals surface area contributed by atoms with Gasteiger partial charge in [-0.05, 0) is 53.8 Å². The summed E-state index contributed by atoms with van der Waals surface area (Å²) in [5, 5.41) is 11.5. The van der Waals surface area contributed by atoms with Crippen LogP contribution in [0.4, 0.5) is 0 Å². The van der Waals surface area contributed by atoms with Crippen molar-refractivity contribution in [2.24, 2.45) is 5.92 Å². The van der Waals surface area contributed by atoms with E-state index in [0.29, 0.717) is 12.5 Å². The van der Waals surface area contributed by atoms with Gasteiger partial charge in [0.05, 0.1) is 12.2 Å². The fraction of sp³-hybridized carbons (Fsp3) is 0.333. The molecule has 0 amide bonds. The first-order valence-corrected chi connectivity index (χ1v) is 10.7. The molecule has 0 atom stereocenters. The molecule has 0 aliphatic rings. The highest BCUT2D eigenvalue weighted by Gasteiger charge is 2.15. The lowest BCUT2D eigenvalue weighted by Crippen LogP contribution is -2.26. The molecule has 31 heavy (non-hydrogen) atoms. The second-order valence-electron chi connectivity index (χ2n) is 8.56. The van der Waals surface area contributed by atoms with Crippen molar-refractivity contribution in [2.75, 3.05) is 0 Å². The number of hydrogen-bond acceptors (Lipinski definition) is 4. The van der Waals surface area contributed by atoms with Crippen LogP contribution in [0.5, 0.6) is 0 Å². The minimum Gasteiger partial charge on any atom is -0.296 e. The summed E-state index contributed by atoms with van der Waals surface area (Å²) in [6.07, 6.45) is 4.49. The maximum absolute atomic E-state index is 13.0. The van der Waals surface area contributed by atoms with Gasteiger partial charge in [0, 0.05) is 23.5 Å². The Kier molecular flexibility index (Phi) is 5.84. The molecule has 0 aliphatic heterocycles. The fourth-order valence-corrected chi connectivity index (χ4v) is 3.83. The molecule has 0 unspecified atom stereocenters. The van der Waals surface area contributed by atoms with Gasteiger partial charge in [-0.3, -0.25) is 9.13 Å². The van der Waals surface area contributed by atoms with Gasteiger partial charge < -0.3 is 0 Å². The van der Waals surface area contributed by atoms with E-state index in [2.05, 4.69) is 59.7 Å². The highest BCUT2D eigenvalue weighted by Crippen LogP contribution is 2.26. The highest BCUT2D eigenvalue weighted by atomic mass is 16.1. The molecule has 0 saturated carbocycles. The summed E-state index contributed by atoms with van der Waals surface area (Å²) in [6, 6.07) is 16.5. The number of imidazole rings is 1. The van der Waals surface area contributed by atoms with Crippen molar-refractivity contribution in [3.63, 3.8) is 0 Å². The Morgan fingerprint density at radius 3 is 2.35 bits per heavy atom. The molecule has 2 heterocycles. The molecule has 2 aromatic heterocycles. The molecule has 4 rings (SSSR count). The zero-order chi connectivity index (χ0) is 22.0. The van der Waals surface area contributed by atoms with Gasteiger partial charge >= 0.3 is 5.69 Å². The minimum absolute atomic E-state index is 0.0544. The highest BCUT2D eigenvalue weighted by molar-refractivity contribution is 5.72. The minimum atomic E-state index is 0.0544. The van der Waals surface area contributed by atoms with Crippen LogP contribution in [-0.4, -0.2) is 29.3 Å². The summed E-state index contributed by atoms with van der Waals surface area (Å²) in [4.78, 5) is 13.0. The van der Waals surface area contributed by atoms with E-state index < -0.39 is 0 Å². The predicted octanol–water partition coefficient (Wildman–Crippen LogP) is 4.12. The van der Waals surface area contributed by atoms with Crippen molar-refractivity contribution in [2.45, 2.75) is 46.7 Å². The summed E-state index contributed by atoms with van der Waals surface area (Å²) in [5.74, 6) is 0.485. The van der Waals surface area contributed by atoms with Crippen LogP contribution in [0.3, 0.4) is 0 Å². The Labute approximate surface area is 182 Å². The lowest BCUT2D eigenvalue weighted by molar-refractivity contribution is 0.557. The second kappa shape index (κ2) is 8.71. The molecule has 7 nitrogen and oxygen atoms in total. The van der Waals surface area contributed by atoms with E-state index in [1.807, 2.05) is 47.4 Å². The topological polar surface area (TPSA) is 70.5 Å². The van der Waals surface area contributed by atoms with Crippen LogP contribution in [-0.2, 0) is 13.0 Å². The maximum atomic E-state index is 13.0. The van der Waals surface area contributed by atoms with E-state index in [9.17, 15) is 4.79 Å². The largest absolute Gasteiger partial charge is 0.328 e. The summed E-state index contributed by atoms with van der Waals surface area (Å²) >= 11 is 0. The molecule has 0 aliphatic carbocycles. The van der Waals surface area contributed by atoms with Crippen LogP contribution in [0.25, 0.3) is 16.8 Å². The van der Waals surface area contributed by atoms with Crippen molar-refractivity contribution in [3.8, 4) is 16.8 Å². The van der Waals surface area contributed by atoms with E-state index in [4.69, 9.17) is 0 Å². The summed E-state index contributed by atoms with van der Waals surface area (Å²) in [6.45, 7) is 9.01. The lowest BCUT2D eigenvalue weighted by atomic mass is 10.0. The standard InChI is InChI=1S/C24H28N6O/c1-17(2)13-21-15-28(18(3)4)24(31)29(21)14-19-9-11-20(12-10-19)22-7-5-6-8-23(22)30-16-25-26-27-30/h5-12,15-18H,13-14H2,1-4H3. The third kappa shape index (κ3) is 4.35. The van der Waals surface area contributed by atoms with Crippen LogP contribution < -0.4 is 5.69 Å². The van der Waals surface area contributed by atoms with Gasteiger partial charge in [0.2, 0.25) is 0 Å². The number of hydrogen-bond donors (Lipinski definition) is 0. The number of aromatic nitrogens is 6. The van der Waals surface area contributed by atoms with Crippen LogP contribution in [0.2, 0.25) is 0 Å². The van der Waals surface area contributed by atoms with E-state index in [1.165, 1.54) is 0 Å². The molecular formula is C24H28N6O. The molecule has 0 spiro atoms. The van der Waals surface area contributed by atoms with Gasteiger partial charge in [-0.1, -0.05) is 56.3 Å². The number of nitrogens with zero attached hydrogens (tertiary/aromatic N) is 6. The van der Waals surface area contributed by atoms with Crippen molar-refractivity contribution in [3.05, 3.63) is 82.8 Å². The van der Waals surface area contributed by atoms with Crippen LogP contribution in [0.15, 0.2) is 65.8 Å². The summed E-state index contributed by atoms with van der Waals surface area (Å²) in [7, 11) is 0. The maximum Gasteiger partial charge on any atom is 0.328 e. The molecule has 160 valence electrons. The SMILES string of the molecule is CC(C)Cc1cn(C(C)C)c(=O)n1Cc1ccc(-c2ccccc2-n2cnnn2)cc1. The number of benzene rings is 2. The molecule has 0 saturated heterocycles. The Morgan fingerprint density at radius 1 is 0.968 bits per heavy atom. The quantitative estimate of drug-likeness (QED) is 0.454. The first kappa shape index (κ1) is 20.8. The lowest BCUT2D eigenvalue weighted by Gasteiger charge is -2.11. The van der Waals surface area contributed by atoms with Crippen LogP contribution >= 0.6 is 0 Å². The fourth-order valence-electron chi connectivity index (χ4n) is 3.83. The van der Waals surface area contributed by atoms with Gasteiger partial charge in [0.25, 0.3) is 0 Å². The van der Waals surface area contributed by atoms with Gasteiger partial charge in [-0.2, -0.15) is 4.68 Å². The predicted molar refractivity (Wildman–Crippen MR) is 121 cm³/mol. The first-order chi connectivity index (χ1) is 14.9. The average molecular weight is 417 g/mol. The Morgan fingerprint density at radius 2 is 1.71 bits per heavy atom. The van der Waals surface area contributed by atoms with Gasteiger partial charge in [-0.25, -0.2) is 4.79 Å². The zero-order valence-corrected chi connectivity index (χ0v) is 18.4. The summed E-state index contributed by atoms with van der Waals surface area (Å²) < 4.78 is 5.40. The monoisotopic (exact) mass is 416 g/mol. The Hall–Kier alpha value is -3.48. The summed E-state index contributed by atoms with van der Waals surface area (Å²) in [5.41, 5.74) is 5.27. The molecule has 0 radical (unpaired) electrons. The van der Waals surface area contributed by atoms with E-state index in [1.54, 1.807) is 11.0 Å². The third-order valence-corrected chi connectivity index (χ3v) is 5.37. The van der Waals surface area contributed by atoms with Gasteiger partial charge in [0.1, 0.15) is 6.33 Å². The van der Waals surface area contributed by atoms with Gasteiger partial charge in [0.15, 0.2) is 0 Å². The van der Waals surface area contributed by atoms with E-state index >= 15 is 0 Å². The molecule has 7 heteroatoms. The third-order valence-electron chi connectivity index (χ3n) is 5.37. The van der Waals surface area contributed by atoms with Crippen LogP contribution in [0.1, 0.15) is 45.0 Å². The van der Waals surface area contributed by atoms with E-state index in [0.717, 1.165) is 34.5 Å². The number of rotatable bonds is 7. The average Bonchev–Trinajstić information content (AvgIpc) is 3.38. The Balaban J connectivity index is 1.65. The van der Waals surface area contributed by atoms with Crippen molar-refractivity contribution in [1.29, 1.82) is 0 Å². The smallest absolute Gasteiger partial charge is 0.296 e. The normalized spacial score (nSPS) is 11.5. The molecule has 0 fully saturated rings. The van der Waals surface area contributed by atoms with Crippen molar-refractivity contribution >= 4 is 0 Å². The number of para-hydroxylation sites is 1. The molecular weight excluding hydrogens is 388 g/mol. The molecule has 0 bridgehead atoms. The van der Waals surface area contributed by atoms with Gasteiger partial charge in [-0.15, -0.1) is 5.10 Å². The number of tetrazole rings is 1. The molecule has 4 aromatic rings. The molecule has 2 aromatic carbocycles.